The molecular formula is C15H13N3O2. The molecule has 0 radical (unpaired) electrons. The number of aromatic nitrogens is 1. The van der Waals surface area contributed by atoms with Gasteiger partial charge in [0.05, 0.1) is 11.8 Å². The summed E-state index contributed by atoms with van der Waals surface area (Å²) in [6.45, 7) is 1.20. The van der Waals surface area contributed by atoms with Gasteiger partial charge in [-0.3, -0.25) is 19.9 Å². The summed E-state index contributed by atoms with van der Waals surface area (Å²) in [5.41, 5.74) is 1.07. The second kappa shape index (κ2) is 4.03. The van der Waals surface area contributed by atoms with E-state index in [0.717, 1.165) is 16.5 Å². The molecule has 2 fully saturated rings. The lowest BCUT2D eigenvalue weighted by molar-refractivity contribution is -0.126. The molecule has 5 nitrogen and oxygen atoms in total. The number of benzene rings is 1. The van der Waals surface area contributed by atoms with Crippen LogP contribution in [0.1, 0.15) is 0 Å². The first-order chi connectivity index (χ1) is 9.74. The van der Waals surface area contributed by atoms with Crippen LogP contribution in [0.4, 0.5) is 5.69 Å². The Morgan fingerprint density at radius 3 is 2.60 bits per heavy atom. The third-order valence-electron chi connectivity index (χ3n) is 4.24. The van der Waals surface area contributed by atoms with Crippen LogP contribution < -0.4 is 10.2 Å². The SMILES string of the molecule is O=C1NC(=O)[C@@H]2CN(c3cccc4cnccc34)C[C@H]12. The number of hydrogen-bond donors (Lipinski definition) is 1. The highest BCUT2D eigenvalue weighted by molar-refractivity contribution is 6.06. The van der Waals surface area contributed by atoms with Crippen LogP contribution in [-0.2, 0) is 9.59 Å². The molecule has 2 aliphatic heterocycles. The van der Waals surface area contributed by atoms with Crippen LogP contribution in [0.5, 0.6) is 0 Å². The van der Waals surface area contributed by atoms with Crippen molar-refractivity contribution >= 4 is 28.3 Å². The van der Waals surface area contributed by atoms with E-state index in [9.17, 15) is 9.59 Å². The molecule has 0 unspecified atom stereocenters. The number of amides is 2. The number of nitrogens with zero attached hydrogens (tertiary/aromatic N) is 2. The minimum Gasteiger partial charge on any atom is -0.369 e. The lowest BCUT2D eigenvalue weighted by Crippen LogP contribution is -2.31. The molecule has 3 heterocycles. The number of anilines is 1. The maximum atomic E-state index is 11.7. The second-order valence-corrected chi connectivity index (χ2v) is 5.35. The molecule has 0 bridgehead atoms. The molecule has 100 valence electrons. The van der Waals surface area contributed by atoms with Crippen molar-refractivity contribution in [3.63, 3.8) is 0 Å². The zero-order valence-electron chi connectivity index (χ0n) is 10.7. The van der Waals surface area contributed by atoms with Crippen molar-refractivity contribution in [2.45, 2.75) is 0 Å². The van der Waals surface area contributed by atoms with Crippen LogP contribution >= 0.6 is 0 Å². The van der Waals surface area contributed by atoms with Gasteiger partial charge in [0.15, 0.2) is 0 Å². The maximum Gasteiger partial charge on any atom is 0.232 e. The lowest BCUT2D eigenvalue weighted by atomic mass is 10.00. The fourth-order valence-corrected chi connectivity index (χ4v) is 3.22. The predicted octanol–water partition coefficient (Wildman–Crippen LogP) is 0.944. The number of carbonyl (C=O) groups is 2. The summed E-state index contributed by atoms with van der Waals surface area (Å²) in [5, 5.41) is 4.59. The number of hydrogen-bond acceptors (Lipinski definition) is 4. The van der Waals surface area contributed by atoms with Crippen molar-refractivity contribution in [1.82, 2.24) is 10.3 Å². The van der Waals surface area contributed by atoms with Crippen LogP contribution in [0.2, 0.25) is 0 Å². The van der Waals surface area contributed by atoms with Gasteiger partial charge in [-0.25, -0.2) is 0 Å². The van der Waals surface area contributed by atoms with Crippen molar-refractivity contribution < 1.29 is 9.59 Å². The number of fused-ring (bicyclic) bond motifs is 2. The highest BCUT2D eigenvalue weighted by atomic mass is 16.2. The average Bonchev–Trinajstić information content (AvgIpc) is 3.01. The smallest absolute Gasteiger partial charge is 0.232 e. The number of pyridine rings is 1. The van der Waals surface area contributed by atoms with Gasteiger partial charge in [-0.2, -0.15) is 0 Å². The Kier molecular flexibility index (Phi) is 2.30. The number of nitrogens with one attached hydrogen (secondary N) is 1. The Balaban J connectivity index is 1.75. The first-order valence-corrected chi connectivity index (χ1v) is 6.66. The lowest BCUT2D eigenvalue weighted by Gasteiger charge is -2.21. The van der Waals surface area contributed by atoms with E-state index in [2.05, 4.69) is 15.2 Å². The summed E-state index contributed by atoms with van der Waals surface area (Å²) < 4.78 is 0. The molecule has 2 saturated heterocycles. The standard InChI is InChI=1S/C15H13N3O2/c19-14-11-7-18(8-12(11)15(20)17-14)13-3-1-2-9-6-16-5-4-10(9)13/h1-6,11-12H,7-8H2,(H,17,19,20)/t11-,12+. The van der Waals surface area contributed by atoms with Crippen LogP contribution in [0, 0.1) is 11.8 Å². The summed E-state index contributed by atoms with van der Waals surface area (Å²) in [6, 6.07) is 8.00. The fourth-order valence-electron chi connectivity index (χ4n) is 3.22. The maximum absolute atomic E-state index is 11.7. The Hall–Kier alpha value is -2.43. The average molecular weight is 267 g/mol. The number of rotatable bonds is 1. The zero-order chi connectivity index (χ0) is 13.7. The molecule has 4 rings (SSSR count). The van der Waals surface area contributed by atoms with E-state index in [0.29, 0.717) is 13.1 Å². The molecule has 1 N–H and O–H groups in total. The zero-order valence-corrected chi connectivity index (χ0v) is 10.7. The van der Waals surface area contributed by atoms with Gasteiger partial charge in [-0.1, -0.05) is 12.1 Å². The molecule has 0 saturated carbocycles. The molecule has 0 aliphatic carbocycles. The van der Waals surface area contributed by atoms with E-state index in [1.807, 2.05) is 30.5 Å². The minimum absolute atomic E-state index is 0.135. The molecule has 2 atom stereocenters. The summed E-state index contributed by atoms with van der Waals surface area (Å²) in [6.07, 6.45) is 3.59. The Morgan fingerprint density at radius 2 is 1.85 bits per heavy atom. The van der Waals surface area contributed by atoms with Crippen molar-refractivity contribution in [3.05, 3.63) is 36.7 Å². The molecule has 2 aromatic rings. The topological polar surface area (TPSA) is 62.3 Å². The first-order valence-electron chi connectivity index (χ1n) is 6.66. The summed E-state index contributed by atoms with van der Waals surface area (Å²) >= 11 is 0. The van der Waals surface area contributed by atoms with E-state index in [4.69, 9.17) is 0 Å². The van der Waals surface area contributed by atoms with Crippen molar-refractivity contribution in [3.8, 4) is 0 Å². The van der Waals surface area contributed by atoms with Crippen molar-refractivity contribution in [1.29, 1.82) is 0 Å². The molecule has 2 aliphatic rings. The molecule has 20 heavy (non-hydrogen) atoms. The predicted molar refractivity (Wildman–Crippen MR) is 74.1 cm³/mol. The van der Waals surface area contributed by atoms with E-state index in [1.165, 1.54) is 0 Å². The molecule has 1 aromatic heterocycles. The molecular weight excluding hydrogens is 254 g/mol. The van der Waals surface area contributed by atoms with Gasteiger partial charge in [0.1, 0.15) is 0 Å². The normalized spacial score (nSPS) is 25.1. The van der Waals surface area contributed by atoms with E-state index >= 15 is 0 Å². The monoisotopic (exact) mass is 267 g/mol. The van der Waals surface area contributed by atoms with Gasteiger partial charge in [-0.05, 0) is 12.1 Å². The van der Waals surface area contributed by atoms with Gasteiger partial charge in [0.25, 0.3) is 0 Å². The van der Waals surface area contributed by atoms with Crippen LogP contribution in [0.25, 0.3) is 10.8 Å². The molecule has 1 aromatic carbocycles. The van der Waals surface area contributed by atoms with Gasteiger partial charge < -0.3 is 4.90 Å². The number of imide groups is 1. The highest BCUT2D eigenvalue weighted by Crippen LogP contribution is 2.35. The van der Waals surface area contributed by atoms with Gasteiger partial charge in [-0.15, -0.1) is 0 Å². The van der Waals surface area contributed by atoms with Crippen LogP contribution in [-0.4, -0.2) is 29.9 Å². The van der Waals surface area contributed by atoms with Gasteiger partial charge in [0, 0.05) is 41.9 Å². The molecule has 0 spiro atoms. The van der Waals surface area contributed by atoms with Gasteiger partial charge >= 0.3 is 0 Å². The van der Waals surface area contributed by atoms with Crippen LogP contribution in [0.3, 0.4) is 0 Å². The van der Waals surface area contributed by atoms with Crippen molar-refractivity contribution in [2.75, 3.05) is 18.0 Å². The van der Waals surface area contributed by atoms with E-state index < -0.39 is 0 Å². The summed E-state index contributed by atoms with van der Waals surface area (Å²) in [5.74, 6) is -0.687. The van der Waals surface area contributed by atoms with Crippen molar-refractivity contribution in [2.24, 2.45) is 11.8 Å². The second-order valence-electron chi connectivity index (χ2n) is 5.35. The molecule has 5 heteroatoms. The van der Waals surface area contributed by atoms with E-state index in [-0.39, 0.29) is 23.7 Å². The minimum atomic E-state index is -0.209. The fraction of sp³-hybridized carbons (Fsp3) is 0.267. The quantitative estimate of drug-likeness (QED) is 0.781. The Bertz CT molecular complexity index is 701. The largest absolute Gasteiger partial charge is 0.369 e. The third-order valence-corrected chi connectivity index (χ3v) is 4.24. The Labute approximate surface area is 115 Å². The summed E-state index contributed by atoms with van der Waals surface area (Å²) in [7, 11) is 0. The van der Waals surface area contributed by atoms with Gasteiger partial charge in [0.2, 0.25) is 11.8 Å². The van der Waals surface area contributed by atoms with E-state index in [1.54, 1.807) is 6.20 Å². The third kappa shape index (κ3) is 1.52. The number of carbonyl (C=O) groups excluding carboxylic acids is 2. The molecule has 2 amide bonds. The summed E-state index contributed by atoms with van der Waals surface area (Å²) in [4.78, 5) is 29.7. The Morgan fingerprint density at radius 1 is 1.10 bits per heavy atom. The first kappa shape index (κ1) is 11.4. The highest BCUT2D eigenvalue weighted by Gasteiger charge is 2.47. The van der Waals surface area contributed by atoms with Crippen LogP contribution in [0.15, 0.2) is 36.7 Å².